The molecule has 0 bridgehead atoms. The van der Waals surface area contributed by atoms with Gasteiger partial charge in [0.25, 0.3) is 0 Å². The predicted octanol–water partition coefficient (Wildman–Crippen LogP) is 2.71. The lowest BCUT2D eigenvalue weighted by atomic mass is 10.1. The van der Waals surface area contributed by atoms with Crippen molar-refractivity contribution in [2.75, 3.05) is 4.72 Å². The van der Waals surface area contributed by atoms with Crippen LogP contribution in [0.5, 0.6) is 0 Å². The van der Waals surface area contributed by atoms with Gasteiger partial charge in [0.15, 0.2) is 0 Å². The van der Waals surface area contributed by atoms with Crippen molar-refractivity contribution in [1.29, 1.82) is 0 Å². The summed E-state index contributed by atoms with van der Waals surface area (Å²) in [5, 5.41) is -0.366. The van der Waals surface area contributed by atoms with Gasteiger partial charge in [0.1, 0.15) is 5.58 Å². The largest absolute Gasteiger partial charge is 0.423 e. The van der Waals surface area contributed by atoms with Gasteiger partial charge >= 0.3 is 21.0 Å². The SMILES string of the molecule is O=c1cc(C(F)(F)F)c2ccc(NS(=O)(=O)Cl)cc2o1. The van der Waals surface area contributed by atoms with Crippen molar-refractivity contribution < 1.29 is 26.0 Å². The third-order valence-electron chi connectivity index (χ3n) is 2.29. The van der Waals surface area contributed by atoms with E-state index in [0.717, 1.165) is 18.2 Å². The molecular formula is C10H5ClF3NO4S. The number of fused-ring (bicyclic) bond motifs is 1. The Morgan fingerprint density at radius 1 is 1.20 bits per heavy atom. The summed E-state index contributed by atoms with van der Waals surface area (Å²) in [5.41, 5.74) is -2.90. The van der Waals surface area contributed by atoms with Crippen LogP contribution >= 0.6 is 10.7 Å². The average Bonchev–Trinajstić information content (AvgIpc) is 2.23. The van der Waals surface area contributed by atoms with Crippen LogP contribution < -0.4 is 10.3 Å². The van der Waals surface area contributed by atoms with E-state index in [1.54, 1.807) is 0 Å². The maximum absolute atomic E-state index is 12.8. The molecule has 1 heterocycles. The molecule has 108 valence electrons. The van der Waals surface area contributed by atoms with Crippen LogP contribution in [0.1, 0.15) is 5.56 Å². The van der Waals surface area contributed by atoms with E-state index in [1.165, 1.54) is 0 Å². The first-order valence-electron chi connectivity index (χ1n) is 4.94. The molecule has 2 rings (SSSR count). The fourth-order valence-electron chi connectivity index (χ4n) is 1.60. The smallest absolute Gasteiger partial charge is 0.417 e. The molecule has 0 saturated carbocycles. The lowest BCUT2D eigenvalue weighted by Gasteiger charge is -2.10. The Morgan fingerprint density at radius 2 is 1.85 bits per heavy atom. The molecule has 2 aromatic rings. The summed E-state index contributed by atoms with van der Waals surface area (Å²) in [6.45, 7) is 0. The van der Waals surface area contributed by atoms with Crippen molar-refractivity contribution in [2.24, 2.45) is 0 Å². The quantitative estimate of drug-likeness (QED) is 0.679. The Bertz CT molecular complexity index is 828. The van der Waals surface area contributed by atoms with E-state index >= 15 is 0 Å². The summed E-state index contributed by atoms with van der Waals surface area (Å²) in [4.78, 5) is 11.1. The number of alkyl halides is 3. The molecule has 10 heteroatoms. The van der Waals surface area contributed by atoms with Crippen molar-refractivity contribution in [3.05, 3.63) is 40.2 Å². The van der Waals surface area contributed by atoms with Crippen LogP contribution in [0.2, 0.25) is 0 Å². The Hall–Kier alpha value is -1.74. The Labute approximate surface area is 114 Å². The summed E-state index contributed by atoms with van der Waals surface area (Å²) in [5.74, 6) is 0. The number of nitrogens with one attached hydrogen (secondary N) is 1. The second-order valence-electron chi connectivity index (χ2n) is 3.73. The number of hydrogen-bond donors (Lipinski definition) is 1. The first kappa shape index (κ1) is 14.7. The van der Waals surface area contributed by atoms with Gasteiger partial charge in [-0.3, -0.25) is 4.72 Å². The van der Waals surface area contributed by atoms with E-state index in [4.69, 9.17) is 10.7 Å². The summed E-state index contributed by atoms with van der Waals surface area (Å²) in [6, 6.07) is 3.31. The fraction of sp³-hybridized carbons (Fsp3) is 0.100. The van der Waals surface area contributed by atoms with Crippen molar-refractivity contribution in [2.45, 2.75) is 6.18 Å². The lowest BCUT2D eigenvalue weighted by Crippen LogP contribution is -2.11. The highest BCUT2D eigenvalue weighted by molar-refractivity contribution is 8.14. The van der Waals surface area contributed by atoms with E-state index in [2.05, 4.69) is 4.42 Å². The molecule has 1 aromatic carbocycles. The summed E-state index contributed by atoms with van der Waals surface area (Å²) in [6.07, 6.45) is -4.73. The molecule has 0 amide bonds. The van der Waals surface area contributed by atoms with E-state index in [9.17, 15) is 26.4 Å². The minimum absolute atomic E-state index is 0.130. The molecule has 5 nitrogen and oxygen atoms in total. The third-order valence-corrected chi connectivity index (χ3v) is 3.00. The highest BCUT2D eigenvalue weighted by atomic mass is 35.7. The summed E-state index contributed by atoms with van der Waals surface area (Å²) >= 11 is 0. The van der Waals surface area contributed by atoms with Gasteiger partial charge in [-0.25, -0.2) is 4.79 Å². The monoisotopic (exact) mass is 327 g/mol. The molecule has 0 aliphatic heterocycles. The zero-order valence-corrected chi connectivity index (χ0v) is 10.9. The summed E-state index contributed by atoms with van der Waals surface area (Å²) < 4.78 is 66.4. The van der Waals surface area contributed by atoms with Crippen LogP contribution in [0, 0.1) is 0 Å². The van der Waals surface area contributed by atoms with Crippen molar-refractivity contribution >= 4 is 36.6 Å². The zero-order chi connectivity index (χ0) is 15.1. The van der Waals surface area contributed by atoms with Gasteiger partial charge in [-0.2, -0.15) is 21.6 Å². The van der Waals surface area contributed by atoms with Gasteiger partial charge in [-0.1, -0.05) is 0 Å². The van der Waals surface area contributed by atoms with Gasteiger partial charge in [0.05, 0.1) is 11.3 Å². The van der Waals surface area contributed by atoms with E-state index in [0.29, 0.717) is 6.07 Å². The molecule has 0 spiro atoms. The first-order chi connectivity index (χ1) is 9.06. The van der Waals surface area contributed by atoms with Crippen molar-refractivity contribution in [3.8, 4) is 0 Å². The third kappa shape index (κ3) is 3.23. The van der Waals surface area contributed by atoms with Gasteiger partial charge in [0.2, 0.25) is 0 Å². The van der Waals surface area contributed by atoms with Crippen LogP contribution in [-0.4, -0.2) is 8.42 Å². The van der Waals surface area contributed by atoms with Gasteiger partial charge < -0.3 is 4.42 Å². The maximum Gasteiger partial charge on any atom is 0.417 e. The molecular weight excluding hydrogens is 323 g/mol. The second-order valence-corrected chi connectivity index (χ2v) is 6.03. The molecule has 0 aliphatic carbocycles. The van der Waals surface area contributed by atoms with Crippen LogP contribution in [0.15, 0.2) is 33.5 Å². The van der Waals surface area contributed by atoms with Gasteiger partial charge in [-0.05, 0) is 12.1 Å². The van der Waals surface area contributed by atoms with Crippen LogP contribution in [0.4, 0.5) is 18.9 Å². The molecule has 20 heavy (non-hydrogen) atoms. The number of anilines is 1. The minimum Gasteiger partial charge on any atom is -0.423 e. The average molecular weight is 328 g/mol. The molecule has 0 fully saturated rings. The molecule has 0 unspecified atom stereocenters. The molecule has 0 radical (unpaired) electrons. The van der Waals surface area contributed by atoms with E-state index < -0.39 is 32.2 Å². The maximum atomic E-state index is 12.8. The minimum atomic E-state index is -4.73. The topological polar surface area (TPSA) is 76.4 Å². The number of rotatable bonds is 2. The van der Waals surface area contributed by atoms with Crippen molar-refractivity contribution in [3.63, 3.8) is 0 Å². The van der Waals surface area contributed by atoms with Crippen molar-refractivity contribution in [1.82, 2.24) is 0 Å². The van der Waals surface area contributed by atoms with E-state index in [1.807, 2.05) is 4.72 Å². The van der Waals surface area contributed by atoms with Crippen LogP contribution in [-0.2, 0) is 15.4 Å². The molecule has 0 atom stereocenters. The Kier molecular flexibility index (Phi) is 3.42. The first-order valence-corrected chi connectivity index (χ1v) is 7.25. The van der Waals surface area contributed by atoms with Gasteiger partial charge in [-0.15, -0.1) is 0 Å². The Morgan fingerprint density at radius 3 is 2.40 bits per heavy atom. The van der Waals surface area contributed by atoms with Crippen LogP contribution in [0.25, 0.3) is 11.0 Å². The highest BCUT2D eigenvalue weighted by Crippen LogP contribution is 2.34. The predicted molar refractivity (Wildman–Crippen MR) is 65.9 cm³/mol. The second kappa shape index (κ2) is 4.67. The normalized spacial score (nSPS) is 12.6. The fourth-order valence-corrected chi connectivity index (χ4v) is 2.28. The number of hydrogen-bond acceptors (Lipinski definition) is 4. The highest BCUT2D eigenvalue weighted by Gasteiger charge is 2.33. The number of benzene rings is 1. The van der Waals surface area contributed by atoms with Gasteiger partial charge in [0, 0.05) is 28.2 Å². The van der Waals surface area contributed by atoms with E-state index in [-0.39, 0.29) is 11.1 Å². The molecule has 1 N–H and O–H groups in total. The molecule has 1 aromatic heterocycles. The standard InChI is InChI=1S/C10H5ClF3NO4S/c11-20(17,18)15-5-1-2-6-7(10(12,13)14)4-9(16)19-8(6)3-5/h1-4,15H. The molecule has 0 aliphatic rings. The Balaban J connectivity index is 2.69. The molecule has 0 saturated heterocycles. The lowest BCUT2D eigenvalue weighted by molar-refractivity contribution is -0.136. The zero-order valence-electron chi connectivity index (χ0n) is 9.36. The number of halogens is 4. The summed E-state index contributed by atoms with van der Waals surface area (Å²) in [7, 11) is 0.829. The van der Waals surface area contributed by atoms with Crippen LogP contribution in [0.3, 0.4) is 0 Å².